The van der Waals surface area contributed by atoms with Gasteiger partial charge in [0.2, 0.25) is 5.91 Å². The number of hydrogen-bond donors (Lipinski definition) is 2. The summed E-state index contributed by atoms with van der Waals surface area (Å²) in [5.74, 6) is 0.146. The number of nitrogens with two attached hydrogens (primary N) is 1. The summed E-state index contributed by atoms with van der Waals surface area (Å²) in [7, 11) is 0. The van der Waals surface area contributed by atoms with Gasteiger partial charge in [0, 0.05) is 25.0 Å². The molecule has 0 bridgehead atoms. The number of nitrogens with zero attached hydrogens (tertiary/aromatic N) is 1. The average molecular weight is 199 g/mol. The molecule has 1 fully saturated rings. The molecule has 1 aliphatic heterocycles. The quantitative estimate of drug-likeness (QED) is 0.680. The van der Waals surface area contributed by atoms with E-state index in [0.29, 0.717) is 19.5 Å². The zero-order chi connectivity index (χ0) is 11.0. The molecule has 4 nitrogen and oxygen atoms in total. The van der Waals surface area contributed by atoms with E-state index in [1.807, 2.05) is 0 Å². The van der Waals surface area contributed by atoms with E-state index in [1.54, 1.807) is 5.01 Å². The lowest BCUT2D eigenvalue weighted by Gasteiger charge is -2.38. The lowest BCUT2D eigenvalue weighted by Crippen LogP contribution is -2.52. The summed E-state index contributed by atoms with van der Waals surface area (Å²) in [6.45, 7) is 9.59. The van der Waals surface area contributed by atoms with Crippen molar-refractivity contribution in [3.8, 4) is 0 Å². The van der Waals surface area contributed by atoms with Crippen molar-refractivity contribution in [2.75, 3.05) is 13.1 Å². The lowest BCUT2D eigenvalue weighted by atomic mass is 9.74. The average Bonchev–Trinajstić information content (AvgIpc) is 2.27. The molecule has 0 aromatic carbocycles. The second-order valence-corrected chi connectivity index (χ2v) is 5.20. The molecule has 1 saturated heterocycles. The van der Waals surface area contributed by atoms with Crippen molar-refractivity contribution in [1.82, 2.24) is 10.4 Å². The van der Waals surface area contributed by atoms with E-state index in [1.165, 1.54) is 0 Å². The van der Waals surface area contributed by atoms with Crippen LogP contribution >= 0.6 is 0 Å². The first kappa shape index (κ1) is 11.5. The molecule has 0 aliphatic carbocycles. The Kier molecular flexibility index (Phi) is 2.88. The van der Waals surface area contributed by atoms with Gasteiger partial charge in [-0.3, -0.25) is 9.80 Å². The fourth-order valence-corrected chi connectivity index (χ4v) is 1.54. The molecule has 0 radical (unpaired) electrons. The molecule has 1 heterocycles. The zero-order valence-corrected chi connectivity index (χ0v) is 9.55. The number of rotatable bonds is 2. The standard InChI is InChI=1S/C10H21N3O/c1-9(2,3)10(4)7-8(14)13(12-10)6-5-11/h12H,5-7,11H2,1-4H3. The van der Waals surface area contributed by atoms with Crippen LogP contribution in [0, 0.1) is 5.41 Å². The third-order valence-electron chi connectivity index (χ3n) is 3.20. The molecule has 82 valence electrons. The minimum atomic E-state index is -0.154. The van der Waals surface area contributed by atoms with E-state index in [9.17, 15) is 4.79 Å². The molecule has 0 spiro atoms. The largest absolute Gasteiger partial charge is 0.329 e. The van der Waals surface area contributed by atoms with Gasteiger partial charge in [0.15, 0.2) is 0 Å². The van der Waals surface area contributed by atoms with Gasteiger partial charge in [-0.15, -0.1) is 0 Å². The molecule has 0 aromatic heterocycles. The molecule has 1 aliphatic rings. The van der Waals surface area contributed by atoms with Gasteiger partial charge in [0.25, 0.3) is 0 Å². The highest BCUT2D eigenvalue weighted by Crippen LogP contribution is 2.36. The van der Waals surface area contributed by atoms with Gasteiger partial charge in [-0.05, 0) is 12.3 Å². The Morgan fingerprint density at radius 2 is 2.14 bits per heavy atom. The van der Waals surface area contributed by atoms with Crippen LogP contribution in [0.15, 0.2) is 0 Å². The summed E-state index contributed by atoms with van der Waals surface area (Å²) in [5, 5.41) is 1.64. The Hall–Kier alpha value is -0.610. The van der Waals surface area contributed by atoms with E-state index in [0.717, 1.165) is 0 Å². The van der Waals surface area contributed by atoms with E-state index >= 15 is 0 Å². The molecule has 1 unspecified atom stereocenters. The van der Waals surface area contributed by atoms with Crippen molar-refractivity contribution in [2.24, 2.45) is 11.1 Å². The van der Waals surface area contributed by atoms with Crippen molar-refractivity contribution in [3.05, 3.63) is 0 Å². The molecule has 1 rings (SSSR count). The summed E-state index contributed by atoms with van der Waals surface area (Å²) < 4.78 is 0. The van der Waals surface area contributed by atoms with Gasteiger partial charge < -0.3 is 5.73 Å². The smallest absolute Gasteiger partial charge is 0.238 e. The first-order valence-corrected chi connectivity index (χ1v) is 5.08. The molecule has 1 amide bonds. The summed E-state index contributed by atoms with van der Waals surface area (Å²) in [6.07, 6.45) is 0.552. The maximum atomic E-state index is 11.6. The van der Waals surface area contributed by atoms with Crippen LogP contribution < -0.4 is 11.2 Å². The molecule has 1 atom stereocenters. The molecular weight excluding hydrogens is 178 g/mol. The third kappa shape index (κ3) is 1.91. The number of carbonyl (C=O) groups excluding carboxylic acids is 1. The fraction of sp³-hybridized carbons (Fsp3) is 0.900. The minimum absolute atomic E-state index is 0.0615. The van der Waals surface area contributed by atoms with Crippen LogP contribution in [0.4, 0.5) is 0 Å². The highest BCUT2D eigenvalue weighted by molar-refractivity contribution is 5.79. The SMILES string of the molecule is CC(C)(C)C1(C)CC(=O)N(CCN)N1. The maximum Gasteiger partial charge on any atom is 0.238 e. The van der Waals surface area contributed by atoms with Gasteiger partial charge in [-0.1, -0.05) is 20.8 Å². The van der Waals surface area contributed by atoms with Crippen molar-refractivity contribution in [3.63, 3.8) is 0 Å². The minimum Gasteiger partial charge on any atom is -0.329 e. The van der Waals surface area contributed by atoms with E-state index < -0.39 is 0 Å². The Morgan fingerprint density at radius 1 is 1.57 bits per heavy atom. The van der Waals surface area contributed by atoms with Crippen LogP contribution in [0.1, 0.15) is 34.1 Å². The van der Waals surface area contributed by atoms with Gasteiger partial charge in [0.1, 0.15) is 0 Å². The van der Waals surface area contributed by atoms with Crippen LogP contribution in [0.25, 0.3) is 0 Å². The van der Waals surface area contributed by atoms with Gasteiger partial charge in [0.05, 0.1) is 0 Å². The highest BCUT2D eigenvalue weighted by atomic mass is 16.2. The number of amides is 1. The Balaban J connectivity index is 2.75. The van der Waals surface area contributed by atoms with E-state index in [2.05, 4.69) is 33.1 Å². The molecular formula is C10H21N3O. The first-order valence-electron chi connectivity index (χ1n) is 5.08. The van der Waals surface area contributed by atoms with E-state index in [4.69, 9.17) is 5.73 Å². The monoisotopic (exact) mass is 199 g/mol. The summed E-state index contributed by atoms with van der Waals surface area (Å²) in [4.78, 5) is 11.6. The Bertz CT molecular complexity index is 234. The topological polar surface area (TPSA) is 58.4 Å². The number of hydrazine groups is 1. The highest BCUT2D eigenvalue weighted by Gasteiger charge is 2.46. The predicted octanol–water partition coefficient (Wildman–Crippen LogP) is 0.487. The van der Waals surface area contributed by atoms with Crippen LogP contribution in [-0.2, 0) is 4.79 Å². The number of carbonyl (C=O) groups is 1. The maximum absolute atomic E-state index is 11.6. The fourth-order valence-electron chi connectivity index (χ4n) is 1.54. The second kappa shape index (κ2) is 3.51. The Morgan fingerprint density at radius 3 is 2.50 bits per heavy atom. The number of nitrogens with one attached hydrogen (secondary N) is 1. The molecule has 14 heavy (non-hydrogen) atoms. The van der Waals surface area contributed by atoms with Crippen molar-refractivity contribution >= 4 is 5.91 Å². The summed E-state index contributed by atoms with van der Waals surface area (Å²) in [6, 6.07) is 0. The van der Waals surface area contributed by atoms with E-state index in [-0.39, 0.29) is 16.9 Å². The lowest BCUT2D eigenvalue weighted by molar-refractivity contribution is -0.129. The zero-order valence-electron chi connectivity index (χ0n) is 9.55. The summed E-state index contributed by atoms with van der Waals surface area (Å²) >= 11 is 0. The molecule has 4 heteroatoms. The van der Waals surface area contributed by atoms with Crippen LogP contribution in [0.3, 0.4) is 0 Å². The molecule has 0 aromatic rings. The second-order valence-electron chi connectivity index (χ2n) is 5.20. The van der Waals surface area contributed by atoms with Crippen LogP contribution in [0.5, 0.6) is 0 Å². The van der Waals surface area contributed by atoms with Gasteiger partial charge in [-0.2, -0.15) is 0 Å². The van der Waals surface area contributed by atoms with Crippen LogP contribution in [0.2, 0.25) is 0 Å². The van der Waals surface area contributed by atoms with Gasteiger partial charge >= 0.3 is 0 Å². The third-order valence-corrected chi connectivity index (χ3v) is 3.20. The molecule has 3 N–H and O–H groups in total. The predicted molar refractivity (Wildman–Crippen MR) is 56.4 cm³/mol. The Labute approximate surface area is 85.8 Å². The van der Waals surface area contributed by atoms with Gasteiger partial charge in [-0.25, -0.2) is 5.43 Å². The molecule has 0 saturated carbocycles. The van der Waals surface area contributed by atoms with Crippen molar-refractivity contribution in [1.29, 1.82) is 0 Å². The first-order chi connectivity index (χ1) is 6.30. The van der Waals surface area contributed by atoms with Crippen molar-refractivity contribution in [2.45, 2.75) is 39.7 Å². The summed E-state index contributed by atoms with van der Waals surface area (Å²) in [5.41, 5.74) is 8.60. The van der Waals surface area contributed by atoms with Crippen LogP contribution in [-0.4, -0.2) is 29.5 Å². The number of hydrogen-bond acceptors (Lipinski definition) is 3. The van der Waals surface area contributed by atoms with Crippen molar-refractivity contribution < 1.29 is 4.79 Å². The normalized spacial score (nSPS) is 28.6.